The van der Waals surface area contributed by atoms with E-state index in [4.69, 9.17) is 10.2 Å². The number of hydrogen-bond acceptors (Lipinski definition) is 4. The minimum atomic E-state index is -0.524. The van der Waals surface area contributed by atoms with E-state index in [2.05, 4.69) is 5.32 Å². The summed E-state index contributed by atoms with van der Waals surface area (Å²) in [6.07, 6.45) is 4.60. The summed E-state index contributed by atoms with van der Waals surface area (Å²) in [5, 5.41) is 16.4. The van der Waals surface area contributed by atoms with E-state index in [1.54, 1.807) is 26.2 Å². The smallest absolute Gasteiger partial charge is 0.241 e. The van der Waals surface area contributed by atoms with Crippen LogP contribution in [0.15, 0.2) is 84.9 Å². The molecular formula is C21H30NO4Y-. The molecule has 0 fully saturated rings. The van der Waals surface area contributed by atoms with Crippen molar-refractivity contribution in [3.8, 4) is 0 Å². The first-order valence-electron chi connectivity index (χ1n) is 7.91. The van der Waals surface area contributed by atoms with Crippen LogP contribution >= 0.6 is 0 Å². The van der Waals surface area contributed by atoms with E-state index in [1.807, 2.05) is 72.8 Å². The zero-order valence-electron chi connectivity index (χ0n) is 16.4. The monoisotopic (exact) mass is 449 g/mol. The first kappa shape index (κ1) is 33.0. The maximum absolute atomic E-state index is 10.6. The Morgan fingerprint density at radius 1 is 0.815 bits per heavy atom. The molecule has 1 radical (unpaired) electrons. The van der Waals surface area contributed by atoms with Gasteiger partial charge in [0, 0.05) is 46.9 Å². The minimum absolute atomic E-state index is 0. The van der Waals surface area contributed by atoms with Crippen molar-refractivity contribution in [1.82, 2.24) is 5.32 Å². The van der Waals surface area contributed by atoms with Crippen molar-refractivity contribution in [2.24, 2.45) is 0 Å². The van der Waals surface area contributed by atoms with Crippen molar-refractivity contribution in [2.75, 3.05) is 14.2 Å². The number of benzene rings is 2. The molecule has 0 aliphatic rings. The van der Waals surface area contributed by atoms with Gasteiger partial charge in [-0.15, -0.1) is 0 Å². The Morgan fingerprint density at radius 3 is 1.26 bits per heavy atom. The summed E-state index contributed by atoms with van der Waals surface area (Å²) in [5.41, 5.74) is 0. The number of aliphatic hydroxyl groups is 2. The molecule has 0 saturated carbocycles. The van der Waals surface area contributed by atoms with Crippen LogP contribution < -0.4 is 5.32 Å². The van der Waals surface area contributed by atoms with Gasteiger partial charge in [-0.05, 0) is 13.0 Å². The zero-order chi connectivity index (χ0) is 20.5. The van der Waals surface area contributed by atoms with Gasteiger partial charge in [0.25, 0.3) is 0 Å². The van der Waals surface area contributed by atoms with Gasteiger partial charge in [-0.1, -0.05) is 91.8 Å². The van der Waals surface area contributed by atoms with E-state index < -0.39 is 6.04 Å². The van der Waals surface area contributed by atoms with Gasteiger partial charge >= 0.3 is 0 Å². The first-order chi connectivity index (χ1) is 12.7. The van der Waals surface area contributed by atoms with E-state index >= 15 is 0 Å². The van der Waals surface area contributed by atoms with E-state index in [0.717, 1.165) is 14.2 Å². The van der Waals surface area contributed by atoms with Crippen LogP contribution in [0.1, 0.15) is 13.8 Å². The number of allylic oxidation sites excluding steroid dienone is 1. The van der Waals surface area contributed by atoms with Crippen LogP contribution in [0, 0.1) is 0 Å². The first-order valence-corrected chi connectivity index (χ1v) is 7.91. The van der Waals surface area contributed by atoms with Gasteiger partial charge in [0.2, 0.25) is 5.91 Å². The van der Waals surface area contributed by atoms with Crippen molar-refractivity contribution in [2.45, 2.75) is 19.9 Å². The average Bonchev–Trinajstić information content (AvgIpc) is 2.74. The Hall–Kier alpha value is -1.66. The molecule has 3 N–H and O–H groups in total. The van der Waals surface area contributed by atoms with Crippen LogP contribution in [0.3, 0.4) is 0 Å². The number of hydrogen-bond donors (Lipinski definition) is 3. The average molecular weight is 449 g/mol. The second-order valence-electron chi connectivity index (χ2n) is 4.16. The quantitative estimate of drug-likeness (QED) is 0.497. The second-order valence-corrected chi connectivity index (χ2v) is 4.16. The summed E-state index contributed by atoms with van der Waals surface area (Å²) in [6, 6.07) is 23.5. The molecule has 1 amide bonds. The van der Waals surface area contributed by atoms with Crippen molar-refractivity contribution >= 4 is 12.2 Å². The molecule has 1 atom stereocenters. The van der Waals surface area contributed by atoms with Crippen molar-refractivity contribution in [1.29, 1.82) is 0 Å². The standard InChI is InChI=1S/C7H10NO2.2C6H6.2CH4O.Y/c1-3-4-7(10)8-6(2)5-9;2*1-2-4-6-5-3-1;2*1-2;/h3-4,6H,1-2H3,(H,8,10);2*1-6H;2*2H,1H3;/q-1;;;;;. The third-order valence-corrected chi connectivity index (χ3v) is 2.19. The van der Waals surface area contributed by atoms with Crippen LogP contribution in [0.4, 0.5) is 0 Å². The van der Waals surface area contributed by atoms with E-state index in [0.29, 0.717) is 0 Å². The van der Waals surface area contributed by atoms with Gasteiger partial charge in [-0.25, -0.2) is 6.29 Å². The van der Waals surface area contributed by atoms with Crippen molar-refractivity contribution in [3.63, 3.8) is 0 Å². The Balaban J connectivity index is -0.000000136. The van der Waals surface area contributed by atoms with Gasteiger partial charge in [-0.3, -0.25) is 4.79 Å². The number of amides is 1. The molecule has 2 rings (SSSR count). The number of rotatable bonds is 3. The largest absolute Gasteiger partial charge is 0.540 e. The Bertz CT molecular complexity index is 437. The van der Waals surface area contributed by atoms with Gasteiger partial charge in [0.1, 0.15) is 0 Å². The molecule has 0 bridgehead atoms. The van der Waals surface area contributed by atoms with Gasteiger partial charge in [-0.2, -0.15) is 0 Å². The summed E-state index contributed by atoms with van der Waals surface area (Å²) < 4.78 is 0. The molecule has 0 aliphatic carbocycles. The maximum atomic E-state index is 10.6. The molecule has 27 heavy (non-hydrogen) atoms. The van der Waals surface area contributed by atoms with Crippen molar-refractivity contribution < 1.29 is 52.5 Å². The Labute approximate surface area is 188 Å². The topological polar surface area (TPSA) is 86.6 Å². The summed E-state index contributed by atoms with van der Waals surface area (Å²) in [5.74, 6) is -0.265. The summed E-state index contributed by atoms with van der Waals surface area (Å²) in [7, 11) is 2.00. The third kappa shape index (κ3) is 32.5. The number of carbonyl (C=O) groups excluding carboxylic acids is 2. The second kappa shape index (κ2) is 32.1. The number of carbonyl (C=O) groups is 1. The molecule has 2 aromatic rings. The molecule has 0 aliphatic heterocycles. The number of nitrogens with one attached hydrogen (secondary N) is 1. The van der Waals surface area contributed by atoms with Crippen molar-refractivity contribution in [3.05, 3.63) is 84.9 Å². The Kier molecular flexibility index (Phi) is 39.1. The molecule has 2 aromatic carbocycles. The normalized spacial score (nSPS) is 8.81. The zero-order valence-corrected chi connectivity index (χ0v) is 19.3. The molecule has 147 valence electrons. The predicted octanol–water partition coefficient (Wildman–Crippen LogP) is 2.76. The molecule has 1 unspecified atom stereocenters. The minimum Gasteiger partial charge on any atom is -0.540 e. The van der Waals surface area contributed by atoms with Crippen LogP contribution in [0.2, 0.25) is 0 Å². The van der Waals surface area contributed by atoms with Gasteiger partial charge in [0.15, 0.2) is 0 Å². The van der Waals surface area contributed by atoms with Crippen LogP contribution in [0.5, 0.6) is 0 Å². The molecule has 0 heterocycles. The van der Waals surface area contributed by atoms with Gasteiger partial charge < -0.3 is 20.3 Å². The molecule has 6 heteroatoms. The van der Waals surface area contributed by atoms with Gasteiger partial charge in [0.05, 0.1) is 0 Å². The number of aliphatic hydroxyl groups excluding tert-OH is 2. The van der Waals surface area contributed by atoms with Crippen LogP contribution in [-0.2, 0) is 42.3 Å². The van der Waals surface area contributed by atoms with Crippen LogP contribution in [-0.4, -0.2) is 42.7 Å². The summed E-state index contributed by atoms with van der Waals surface area (Å²) in [4.78, 5) is 20.5. The molecule has 0 saturated heterocycles. The molecule has 0 aromatic heterocycles. The maximum Gasteiger partial charge on any atom is 0.241 e. The fourth-order valence-corrected chi connectivity index (χ4v) is 1.21. The van der Waals surface area contributed by atoms with E-state index in [1.165, 1.54) is 6.08 Å². The fraction of sp³-hybridized carbons (Fsp3) is 0.238. The van der Waals surface area contributed by atoms with E-state index in [9.17, 15) is 9.59 Å². The summed E-state index contributed by atoms with van der Waals surface area (Å²) >= 11 is 0. The molecule has 0 spiro atoms. The SMILES string of the molecule is CC=CC(=O)NC(C)[C-]=O.CO.CO.[Y].c1ccccc1.c1ccccc1. The Morgan fingerprint density at radius 2 is 1.07 bits per heavy atom. The third-order valence-electron chi connectivity index (χ3n) is 2.19. The predicted molar refractivity (Wildman–Crippen MR) is 107 cm³/mol. The van der Waals surface area contributed by atoms with E-state index in [-0.39, 0.29) is 38.6 Å². The molecule has 5 nitrogen and oxygen atoms in total. The fourth-order valence-electron chi connectivity index (χ4n) is 1.21. The summed E-state index contributed by atoms with van der Waals surface area (Å²) in [6.45, 7) is 3.29. The van der Waals surface area contributed by atoms with Crippen LogP contribution in [0.25, 0.3) is 0 Å². The molecular weight excluding hydrogens is 419 g/mol.